The number of rotatable bonds is 0. The Balaban J connectivity index is 2.08. The molecule has 50 valence electrons. The number of fused-ring (bicyclic) bond motifs is 1. The van der Waals surface area contributed by atoms with Gasteiger partial charge in [-0.25, -0.2) is 0 Å². The van der Waals surface area contributed by atoms with Crippen LogP contribution in [0.2, 0.25) is 0 Å². The number of hydrogen-bond donors (Lipinski definition) is 2. The van der Waals surface area contributed by atoms with E-state index in [0.717, 1.165) is 6.42 Å². The predicted molar refractivity (Wildman–Crippen MR) is 32.6 cm³/mol. The van der Waals surface area contributed by atoms with Gasteiger partial charge in [0.15, 0.2) is 0 Å². The summed E-state index contributed by atoms with van der Waals surface area (Å²) in [5.41, 5.74) is 6.41. The van der Waals surface area contributed by atoms with Crippen molar-refractivity contribution >= 4 is 0 Å². The highest BCUT2D eigenvalue weighted by atomic mass is 16.3. The van der Waals surface area contributed by atoms with Crippen LogP contribution in [-0.4, -0.2) is 16.7 Å². The van der Waals surface area contributed by atoms with Crippen molar-refractivity contribution in [3.05, 3.63) is 0 Å². The smallest absolute Gasteiger partial charge is 0.0595 e. The second kappa shape index (κ2) is 0.789. The molecule has 5 atom stereocenters. The van der Waals surface area contributed by atoms with Crippen molar-refractivity contribution in [3.63, 3.8) is 0 Å². The molecule has 0 aliphatic heterocycles. The van der Waals surface area contributed by atoms with Gasteiger partial charge in [-0.3, -0.25) is 0 Å². The van der Waals surface area contributed by atoms with E-state index in [1.54, 1.807) is 0 Å². The monoisotopic (exact) mass is 125 g/mol. The third-order valence-corrected chi connectivity index (χ3v) is 4.02. The topological polar surface area (TPSA) is 46.2 Å². The molecule has 0 aromatic heterocycles. The van der Waals surface area contributed by atoms with Crippen molar-refractivity contribution in [3.8, 4) is 0 Å². The summed E-state index contributed by atoms with van der Waals surface area (Å²) < 4.78 is 0. The molecule has 4 aliphatic rings. The third kappa shape index (κ3) is 0.215. The Kier molecular flexibility index (Phi) is 0.412. The fourth-order valence-corrected chi connectivity index (χ4v) is 3.31. The van der Waals surface area contributed by atoms with Crippen LogP contribution in [0, 0.1) is 17.3 Å². The molecule has 0 unspecified atom stereocenters. The maximum atomic E-state index is 9.31. The molecule has 0 aromatic carbocycles. The number of nitrogens with two attached hydrogens (primary N) is 1. The van der Waals surface area contributed by atoms with Crippen molar-refractivity contribution in [1.82, 2.24) is 0 Å². The van der Waals surface area contributed by atoms with Gasteiger partial charge in [0.05, 0.1) is 6.10 Å². The van der Waals surface area contributed by atoms with E-state index in [2.05, 4.69) is 6.92 Å². The Hall–Kier alpha value is -0.0800. The van der Waals surface area contributed by atoms with E-state index in [1.165, 1.54) is 0 Å². The van der Waals surface area contributed by atoms with Crippen LogP contribution in [0.1, 0.15) is 13.3 Å². The second-order valence-corrected chi connectivity index (χ2v) is 4.10. The van der Waals surface area contributed by atoms with E-state index in [1.807, 2.05) is 0 Å². The fourth-order valence-electron chi connectivity index (χ4n) is 3.31. The number of aliphatic hydroxyl groups is 1. The predicted octanol–water partition coefficient (Wildman–Crippen LogP) is -0.286. The molecule has 4 aliphatic carbocycles. The average Bonchev–Trinajstić information content (AvgIpc) is 2.40. The first-order valence-corrected chi connectivity index (χ1v) is 3.59. The van der Waals surface area contributed by atoms with Crippen LogP contribution in [0.5, 0.6) is 0 Å². The van der Waals surface area contributed by atoms with E-state index in [-0.39, 0.29) is 11.6 Å². The van der Waals surface area contributed by atoms with E-state index in [9.17, 15) is 5.11 Å². The molecular weight excluding hydrogens is 114 g/mol. The molecular formula is C7H11NO. The van der Waals surface area contributed by atoms with Gasteiger partial charge in [-0.15, -0.1) is 0 Å². The molecule has 0 heterocycles. The summed E-state index contributed by atoms with van der Waals surface area (Å²) in [5.74, 6) is 1.28. The van der Waals surface area contributed by atoms with E-state index < -0.39 is 0 Å². The zero-order valence-electron chi connectivity index (χ0n) is 5.46. The van der Waals surface area contributed by atoms with Crippen molar-refractivity contribution < 1.29 is 5.11 Å². The van der Waals surface area contributed by atoms with Crippen LogP contribution < -0.4 is 5.73 Å². The molecule has 0 saturated heterocycles. The number of hydrogen-bond acceptors (Lipinski definition) is 2. The highest BCUT2D eigenvalue weighted by Crippen LogP contribution is 2.91. The summed E-state index contributed by atoms with van der Waals surface area (Å²) in [6.45, 7) is 2.21. The highest BCUT2D eigenvalue weighted by Gasteiger charge is 2.97. The third-order valence-electron chi connectivity index (χ3n) is 4.02. The van der Waals surface area contributed by atoms with Crippen molar-refractivity contribution in [2.45, 2.75) is 25.0 Å². The van der Waals surface area contributed by atoms with Crippen LogP contribution >= 0.6 is 0 Å². The lowest BCUT2D eigenvalue weighted by molar-refractivity contribution is 0.165. The molecule has 0 spiro atoms. The largest absolute Gasteiger partial charge is 0.393 e. The van der Waals surface area contributed by atoms with Crippen LogP contribution in [0.3, 0.4) is 0 Å². The Morgan fingerprint density at radius 2 is 2.22 bits per heavy atom. The quantitative estimate of drug-likeness (QED) is 0.467. The summed E-state index contributed by atoms with van der Waals surface area (Å²) in [5, 5.41) is 9.31. The fraction of sp³-hybridized carbons (Fsp3) is 1.00. The molecule has 4 saturated carbocycles. The molecule has 2 bridgehead atoms. The van der Waals surface area contributed by atoms with E-state index in [0.29, 0.717) is 17.3 Å². The Bertz CT molecular complexity index is 189. The van der Waals surface area contributed by atoms with Crippen LogP contribution in [-0.2, 0) is 0 Å². The van der Waals surface area contributed by atoms with Crippen molar-refractivity contribution in [2.75, 3.05) is 0 Å². The molecule has 3 N–H and O–H groups in total. The van der Waals surface area contributed by atoms with E-state index >= 15 is 0 Å². The maximum absolute atomic E-state index is 9.31. The molecule has 0 amide bonds. The van der Waals surface area contributed by atoms with Crippen LogP contribution in [0.4, 0.5) is 0 Å². The van der Waals surface area contributed by atoms with Gasteiger partial charge in [0.2, 0.25) is 0 Å². The van der Waals surface area contributed by atoms with Gasteiger partial charge >= 0.3 is 0 Å². The molecule has 2 heteroatoms. The number of aliphatic hydroxyl groups excluding tert-OH is 1. The van der Waals surface area contributed by atoms with Gasteiger partial charge in [0.1, 0.15) is 0 Å². The minimum Gasteiger partial charge on any atom is -0.393 e. The summed E-state index contributed by atoms with van der Waals surface area (Å²) in [6, 6.07) is 0. The van der Waals surface area contributed by atoms with Gasteiger partial charge in [0.25, 0.3) is 0 Å². The van der Waals surface area contributed by atoms with Crippen molar-refractivity contribution in [2.24, 2.45) is 23.0 Å². The highest BCUT2D eigenvalue weighted by molar-refractivity contribution is 5.48. The van der Waals surface area contributed by atoms with Gasteiger partial charge in [-0.05, 0) is 23.7 Å². The molecule has 4 rings (SSSR count). The standard InChI is InChI=1S/C7H11NO/c1-6-4-3(9)2-7(6,8)5(4)6/h3-5,9H,2,8H2,1H3/t3-,4+,5-,6+,7-/m1/s1. The maximum Gasteiger partial charge on any atom is 0.0595 e. The lowest BCUT2D eigenvalue weighted by Crippen LogP contribution is -2.30. The van der Waals surface area contributed by atoms with Crippen molar-refractivity contribution in [1.29, 1.82) is 0 Å². The first kappa shape index (κ1) is 4.69. The molecule has 2 nitrogen and oxygen atoms in total. The molecule has 9 heavy (non-hydrogen) atoms. The lowest BCUT2D eigenvalue weighted by atomic mass is 10.0. The van der Waals surface area contributed by atoms with Gasteiger partial charge in [-0.2, -0.15) is 0 Å². The molecule has 0 radical (unpaired) electrons. The normalized spacial score (nSPS) is 82.3. The Labute approximate surface area is 54.0 Å². The summed E-state index contributed by atoms with van der Waals surface area (Å²) >= 11 is 0. The summed E-state index contributed by atoms with van der Waals surface area (Å²) in [6.07, 6.45) is 0.795. The van der Waals surface area contributed by atoms with Gasteiger partial charge < -0.3 is 10.8 Å². The molecule has 0 aromatic rings. The minimum absolute atomic E-state index is 0.0648. The SMILES string of the molecule is C[C@@]12[C@H]3[C@H](O)C[C@@]1(N)[C@H]32. The van der Waals surface area contributed by atoms with E-state index in [4.69, 9.17) is 5.73 Å². The second-order valence-electron chi connectivity index (χ2n) is 4.10. The Morgan fingerprint density at radius 1 is 1.67 bits per heavy atom. The van der Waals surface area contributed by atoms with Gasteiger partial charge in [-0.1, -0.05) is 6.92 Å². The van der Waals surface area contributed by atoms with Gasteiger partial charge in [0, 0.05) is 5.54 Å². The summed E-state index contributed by atoms with van der Waals surface area (Å²) in [4.78, 5) is 0. The zero-order valence-corrected chi connectivity index (χ0v) is 5.46. The first-order chi connectivity index (χ1) is 4.12. The zero-order chi connectivity index (χ0) is 6.44. The van der Waals surface area contributed by atoms with Crippen LogP contribution in [0.15, 0.2) is 0 Å². The summed E-state index contributed by atoms with van der Waals surface area (Å²) in [7, 11) is 0. The minimum atomic E-state index is -0.0648. The van der Waals surface area contributed by atoms with Crippen LogP contribution in [0.25, 0.3) is 0 Å². The average molecular weight is 125 g/mol. The molecule has 4 fully saturated rings. The first-order valence-electron chi connectivity index (χ1n) is 3.59. The Morgan fingerprint density at radius 3 is 2.33 bits per heavy atom. The lowest BCUT2D eigenvalue weighted by Gasteiger charge is -2.10.